The maximum Gasteiger partial charge on any atom is 0.226 e. The number of para-hydroxylation sites is 1. The number of carbonyl (C=O) groups is 1. The van der Waals surface area contributed by atoms with E-state index in [0.29, 0.717) is 22.9 Å². The van der Waals surface area contributed by atoms with Crippen LogP contribution >= 0.6 is 0 Å². The zero-order chi connectivity index (χ0) is 19.1. The summed E-state index contributed by atoms with van der Waals surface area (Å²) in [5.41, 5.74) is 0.189. The first kappa shape index (κ1) is 19.3. The van der Waals surface area contributed by atoms with Gasteiger partial charge in [0.2, 0.25) is 11.7 Å². The van der Waals surface area contributed by atoms with E-state index in [1.807, 2.05) is 0 Å². The van der Waals surface area contributed by atoms with Crippen molar-refractivity contribution in [2.45, 2.75) is 6.42 Å². The fourth-order valence-corrected chi connectivity index (χ4v) is 2.34. The largest absolute Gasteiger partial charge is 0.493 e. The number of rotatable bonds is 8. The molecule has 0 saturated heterocycles. The van der Waals surface area contributed by atoms with Crippen LogP contribution in [0.5, 0.6) is 17.2 Å². The van der Waals surface area contributed by atoms with Crippen molar-refractivity contribution in [2.24, 2.45) is 0 Å². The van der Waals surface area contributed by atoms with Crippen LogP contribution < -0.4 is 24.8 Å². The molecule has 1 amide bonds. The fraction of sp³-hybridized carbons (Fsp3) is 0.278. The quantitative estimate of drug-likeness (QED) is 0.749. The van der Waals surface area contributed by atoms with Gasteiger partial charge in [-0.1, -0.05) is 6.07 Å². The predicted octanol–water partition coefficient (Wildman–Crippen LogP) is 3.43. The van der Waals surface area contributed by atoms with Crippen molar-refractivity contribution in [3.05, 3.63) is 42.0 Å². The van der Waals surface area contributed by atoms with Gasteiger partial charge < -0.3 is 24.8 Å². The minimum Gasteiger partial charge on any atom is -0.493 e. The average Bonchev–Trinajstić information content (AvgIpc) is 2.63. The second-order valence-electron chi connectivity index (χ2n) is 5.24. The van der Waals surface area contributed by atoms with Gasteiger partial charge in [-0.2, -0.15) is 0 Å². The van der Waals surface area contributed by atoms with E-state index in [1.165, 1.54) is 27.4 Å². The second-order valence-corrected chi connectivity index (χ2v) is 5.24. The number of ether oxygens (including phenoxy) is 3. The third kappa shape index (κ3) is 4.53. The summed E-state index contributed by atoms with van der Waals surface area (Å²) < 4.78 is 42.7. The van der Waals surface area contributed by atoms with E-state index >= 15 is 0 Å². The van der Waals surface area contributed by atoms with Crippen LogP contribution in [0.25, 0.3) is 0 Å². The van der Waals surface area contributed by atoms with Gasteiger partial charge in [0, 0.05) is 30.8 Å². The first-order chi connectivity index (χ1) is 12.5. The van der Waals surface area contributed by atoms with Crippen molar-refractivity contribution < 1.29 is 27.8 Å². The molecule has 2 rings (SSSR count). The van der Waals surface area contributed by atoms with Crippen LogP contribution in [0.1, 0.15) is 6.42 Å². The smallest absolute Gasteiger partial charge is 0.226 e. The van der Waals surface area contributed by atoms with Gasteiger partial charge in [0.15, 0.2) is 11.5 Å². The average molecular weight is 366 g/mol. The number of anilines is 2. The molecule has 6 nitrogen and oxygen atoms in total. The molecule has 0 heterocycles. The highest BCUT2D eigenvalue weighted by Crippen LogP contribution is 2.39. The van der Waals surface area contributed by atoms with Crippen molar-refractivity contribution in [2.75, 3.05) is 38.5 Å². The molecule has 0 bridgehead atoms. The van der Waals surface area contributed by atoms with Gasteiger partial charge in [-0.05, 0) is 12.1 Å². The Labute approximate surface area is 150 Å². The lowest BCUT2D eigenvalue weighted by atomic mass is 10.2. The van der Waals surface area contributed by atoms with E-state index in [-0.39, 0.29) is 24.6 Å². The number of nitrogens with one attached hydrogen (secondary N) is 2. The summed E-state index contributed by atoms with van der Waals surface area (Å²) >= 11 is 0. The Bertz CT molecular complexity index is 739. The molecule has 2 aromatic rings. The van der Waals surface area contributed by atoms with E-state index in [4.69, 9.17) is 14.2 Å². The highest BCUT2D eigenvalue weighted by atomic mass is 19.1. The summed E-state index contributed by atoms with van der Waals surface area (Å²) in [6.07, 6.45) is 0.00440. The molecule has 26 heavy (non-hydrogen) atoms. The molecule has 0 fully saturated rings. The molecule has 0 aromatic heterocycles. The van der Waals surface area contributed by atoms with Crippen molar-refractivity contribution >= 4 is 17.3 Å². The maximum atomic E-state index is 13.5. The lowest BCUT2D eigenvalue weighted by molar-refractivity contribution is -0.115. The van der Waals surface area contributed by atoms with E-state index in [1.54, 1.807) is 12.1 Å². The molecule has 0 unspecified atom stereocenters. The number of amides is 1. The van der Waals surface area contributed by atoms with Crippen molar-refractivity contribution in [3.8, 4) is 17.2 Å². The van der Waals surface area contributed by atoms with E-state index < -0.39 is 11.6 Å². The summed E-state index contributed by atoms with van der Waals surface area (Å²) in [6.45, 7) is 0.0636. The molecule has 2 aromatic carbocycles. The molecule has 8 heteroatoms. The number of hydrogen-bond donors (Lipinski definition) is 2. The van der Waals surface area contributed by atoms with Crippen LogP contribution in [0.4, 0.5) is 20.2 Å². The molecular weight excluding hydrogens is 346 g/mol. The van der Waals surface area contributed by atoms with Crippen molar-refractivity contribution in [1.82, 2.24) is 0 Å². The first-order valence-electron chi connectivity index (χ1n) is 7.78. The standard InChI is InChI=1S/C18H20F2N2O4/c1-24-14-9-11(10-15(25-2)18(14)26-3)22-16(23)7-8-21-17-12(19)5-4-6-13(17)20/h4-6,9-10,21H,7-8H2,1-3H3,(H,22,23). The minimum atomic E-state index is -0.713. The second kappa shape index (κ2) is 8.89. The fourth-order valence-electron chi connectivity index (χ4n) is 2.34. The van der Waals surface area contributed by atoms with Crippen LogP contribution in [0.15, 0.2) is 30.3 Å². The van der Waals surface area contributed by atoms with Gasteiger partial charge in [-0.3, -0.25) is 4.79 Å². The van der Waals surface area contributed by atoms with E-state index in [2.05, 4.69) is 10.6 Å². The lowest BCUT2D eigenvalue weighted by Crippen LogP contribution is -2.17. The summed E-state index contributed by atoms with van der Waals surface area (Å²) in [4.78, 5) is 12.1. The highest BCUT2D eigenvalue weighted by Gasteiger charge is 2.15. The minimum absolute atomic E-state index is 0.00440. The normalized spacial score (nSPS) is 10.2. The number of carbonyl (C=O) groups excluding carboxylic acids is 1. The molecule has 0 spiro atoms. The molecule has 0 aliphatic rings. The highest BCUT2D eigenvalue weighted by molar-refractivity contribution is 5.91. The number of hydrogen-bond acceptors (Lipinski definition) is 5. The predicted molar refractivity (Wildman–Crippen MR) is 94.2 cm³/mol. The van der Waals surface area contributed by atoms with Crippen molar-refractivity contribution in [3.63, 3.8) is 0 Å². The van der Waals surface area contributed by atoms with Crippen molar-refractivity contribution in [1.29, 1.82) is 0 Å². The van der Waals surface area contributed by atoms with Gasteiger partial charge in [0.25, 0.3) is 0 Å². The van der Waals surface area contributed by atoms with E-state index in [9.17, 15) is 13.6 Å². The number of benzene rings is 2. The van der Waals surface area contributed by atoms with Crippen LogP contribution in [0.2, 0.25) is 0 Å². The monoisotopic (exact) mass is 366 g/mol. The Balaban J connectivity index is 1.99. The third-order valence-electron chi connectivity index (χ3n) is 3.57. The third-order valence-corrected chi connectivity index (χ3v) is 3.57. The van der Waals surface area contributed by atoms with E-state index in [0.717, 1.165) is 12.1 Å². The number of halogens is 2. The van der Waals surface area contributed by atoms with Gasteiger partial charge in [0.1, 0.15) is 17.3 Å². The van der Waals surface area contributed by atoms with Crippen LogP contribution in [0.3, 0.4) is 0 Å². The molecule has 0 atom stereocenters. The van der Waals surface area contributed by atoms with Gasteiger partial charge in [-0.15, -0.1) is 0 Å². The summed E-state index contributed by atoms with van der Waals surface area (Å²) in [7, 11) is 4.41. The maximum absolute atomic E-state index is 13.5. The first-order valence-corrected chi connectivity index (χ1v) is 7.78. The zero-order valence-electron chi connectivity index (χ0n) is 14.7. The Morgan fingerprint density at radius 3 is 2.08 bits per heavy atom. The topological polar surface area (TPSA) is 68.8 Å². The molecule has 0 aliphatic heterocycles. The number of methoxy groups -OCH3 is 3. The van der Waals surface area contributed by atoms with Crippen LogP contribution in [-0.2, 0) is 4.79 Å². The van der Waals surface area contributed by atoms with Crippen LogP contribution in [-0.4, -0.2) is 33.8 Å². The van der Waals surface area contributed by atoms with Crippen LogP contribution in [0, 0.1) is 11.6 Å². The summed E-state index contributed by atoms with van der Waals surface area (Å²) in [5.74, 6) is -0.569. The van der Waals surface area contributed by atoms with Gasteiger partial charge in [0.05, 0.1) is 21.3 Å². The molecule has 0 aliphatic carbocycles. The lowest BCUT2D eigenvalue weighted by Gasteiger charge is -2.15. The molecule has 140 valence electrons. The Hall–Kier alpha value is -3.03. The molecule has 2 N–H and O–H groups in total. The summed E-state index contributed by atoms with van der Waals surface area (Å²) in [5, 5.41) is 5.26. The molecular formula is C18H20F2N2O4. The Morgan fingerprint density at radius 1 is 1.00 bits per heavy atom. The van der Waals surface area contributed by atoms with Gasteiger partial charge >= 0.3 is 0 Å². The Morgan fingerprint density at radius 2 is 1.58 bits per heavy atom. The van der Waals surface area contributed by atoms with Gasteiger partial charge in [-0.25, -0.2) is 8.78 Å². The molecule has 0 radical (unpaired) electrons. The molecule has 0 saturated carbocycles. The SMILES string of the molecule is COc1cc(NC(=O)CCNc2c(F)cccc2F)cc(OC)c1OC. The zero-order valence-corrected chi connectivity index (χ0v) is 14.7. The Kier molecular flexibility index (Phi) is 6.60. The summed E-state index contributed by atoms with van der Waals surface area (Å²) in [6, 6.07) is 6.72.